The Kier molecular flexibility index (Phi) is 1.83. The average Bonchev–Trinajstić information content (AvgIpc) is 2.04. The molecule has 2 rings (SSSR count). The van der Waals surface area contributed by atoms with Crippen molar-refractivity contribution in [3.8, 4) is 0 Å². The van der Waals surface area contributed by atoms with E-state index in [1.807, 2.05) is 11.8 Å². The zero-order valence-electron chi connectivity index (χ0n) is 7.51. The van der Waals surface area contributed by atoms with Crippen molar-refractivity contribution in [3.63, 3.8) is 0 Å². The number of carbonyl (C=O) groups is 1. The first-order chi connectivity index (χ1) is 5.72. The number of amides is 1. The van der Waals surface area contributed by atoms with Crippen LogP contribution in [0.25, 0.3) is 0 Å². The van der Waals surface area contributed by atoms with Crippen molar-refractivity contribution in [3.05, 3.63) is 0 Å². The number of fused-ring (bicyclic) bond motifs is 1. The lowest BCUT2D eigenvalue weighted by Gasteiger charge is -2.47. The van der Waals surface area contributed by atoms with E-state index in [0.29, 0.717) is 6.42 Å². The van der Waals surface area contributed by atoms with Crippen LogP contribution in [0.15, 0.2) is 0 Å². The fourth-order valence-electron chi connectivity index (χ4n) is 2.13. The molecule has 1 atom stereocenters. The van der Waals surface area contributed by atoms with Gasteiger partial charge in [-0.05, 0) is 26.2 Å². The number of carbonyl (C=O) groups excluding carboxylic acids is 1. The van der Waals surface area contributed by atoms with Gasteiger partial charge >= 0.3 is 0 Å². The summed E-state index contributed by atoms with van der Waals surface area (Å²) in [5, 5.41) is 0. The predicted molar refractivity (Wildman–Crippen MR) is 44.5 cm³/mol. The molecule has 0 saturated carbocycles. The monoisotopic (exact) mass is 169 g/mol. The SMILES string of the molecule is CC12CCCC(=O)N1CCCO2. The van der Waals surface area contributed by atoms with Crippen LogP contribution < -0.4 is 0 Å². The second-order valence-electron chi connectivity index (χ2n) is 3.78. The first kappa shape index (κ1) is 8.05. The minimum absolute atomic E-state index is 0.267. The second kappa shape index (κ2) is 2.73. The van der Waals surface area contributed by atoms with Crippen molar-refractivity contribution in [1.29, 1.82) is 0 Å². The van der Waals surface area contributed by atoms with Gasteiger partial charge in [0.05, 0.1) is 6.61 Å². The Labute approximate surface area is 72.7 Å². The van der Waals surface area contributed by atoms with Gasteiger partial charge in [0.1, 0.15) is 5.72 Å². The fraction of sp³-hybridized carbons (Fsp3) is 0.889. The number of nitrogens with zero attached hydrogens (tertiary/aromatic N) is 1. The number of ether oxygens (including phenoxy) is 1. The van der Waals surface area contributed by atoms with Crippen molar-refractivity contribution in [2.75, 3.05) is 13.2 Å². The van der Waals surface area contributed by atoms with Crippen LogP contribution in [0.2, 0.25) is 0 Å². The molecule has 3 heteroatoms. The number of hydrogen-bond acceptors (Lipinski definition) is 2. The highest BCUT2D eigenvalue weighted by Crippen LogP contribution is 2.32. The summed E-state index contributed by atoms with van der Waals surface area (Å²) < 4.78 is 5.64. The van der Waals surface area contributed by atoms with E-state index >= 15 is 0 Å². The largest absolute Gasteiger partial charge is 0.356 e. The van der Waals surface area contributed by atoms with Gasteiger partial charge in [-0.3, -0.25) is 4.79 Å². The molecule has 1 unspecified atom stereocenters. The van der Waals surface area contributed by atoms with Crippen LogP contribution in [0.5, 0.6) is 0 Å². The minimum atomic E-state index is -0.270. The molecule has 2 fully saturated rings. The lowest BCUT2D eigenvalue weighted by molar-refractivity contribution is -0.199. The van der Waals surface area contributed by atoms with E-state index in [-0.39, 0.29) is 11.6 Å². The Morgan fingerprint density at radius 1 is 1.50 bits per heavy atom. The third-order valence-electron chi connectivity index (χ3n) is 2.84. The molecule has 0 radical (unpaired) electrons. The van der Waals surface area contributed by atoms with Crippen LogP contribution >= 0.6 is 0 Å². The van der Waals surface area contributed by atoms with E-state index in [2.05, 4.69) is 0 Å². The van der Waals surface area contributed by atoms with Crippen LogP contribution in [-0.2, 0) is 9.53 Å². The van der Waals surface area contributed by atoms with E-state index in [1.54, 1.807) is 0 Å². The fourth-order valence-corrected chi connectivity index (χ4v) is 2.13. The molecule has 12 heavy (non-hydrogen) atoms. The van der Waals surface area contributed by atoms with E-state index in [9.17, 15) is 4.79 Å². The Hall–Kier alpha value is -0.570. The van der Waals surface area contributed by atoms with Gasteiger partial charge in [-0.25, -0.2) is 0 Å². The maximum absolute atomic E-state index is 11.5. The molecule has 0 aromatic carbocycles. The summed E-state index contributed by atoms with van der Waals surface area (Å²) in [4.78, 5) is 13.4. The first-order valence-electron chi connectivity index (χ1n) is 4.67. The normalized spacial score (nSPS) is 36.4. The van der Waals surface area contributed by atoms with Crippen molar-refractivity contribution in [1.82, 2.24) is 4.90 Å². The Morgan fingerprint density at radius 2 is 2.33 bits per heavy atom. The molecular weight excluding hydrogens is 154 g/mol. The van der Waals surface area contributed by atoms with Gasteiger partial charge in [0.25, 0.3) is 0 Å². The second-order valence-corrected chi connectivity index (χ2v) is 3.78. The van der Waals surface area contributed by atoms with Crippen LogP contribution in [0.4, 0.5) is 0 Å². The summed E-state index contributed by atoms with van der Waals surface area (Å²) in [5.74, 6) is 0.267. The Bertz CT molecular complexity index is 201. The van der Waals surface area contributed by atoms with Gasteiger partial charge in [0.15, 0.2) is 0 Å². The van der Waals surface area contributed by atoms with Gasteiger partial charge in [-0.15, -0.1) is 0 Å². The molecule has 2 aliphatic rings. The molecule has 3 nitrogen and oxygen atoms in total. The standard InChI is InChI=1S/C9H15NO2/c1-9-5-2-4-8(11)10(9)6-3-7-12-9/h2-7H2,1H3. The Morgan fingerprint density at radius 3 is 3.08 bits per heavy atom. The van der Waals surface area contributed by atoms with Gasteiger partial charge < -0.3 is 9.64 Å². The third-order valence-corrected chi connectivity index (χ3v) is 2.84. The topological polar surface area (TPSA) is 29.5 Å². The highest BCUT2D eigenvalue weighted by molar-refractivity contribution is 5.77. The highest BCUT2D eigenvalue weighted by Gasteiger charge is 2.40. The van der Waals surface area contributed by atoms with Crippen LogP contribution in [0.3, 0.4) is 0 Å². The number of rotatable bonds is 0. The summed E-state index contributed by atoms with van der Waals surface area (Å²) in [6.45, 7) is 3.72. The van der Waals surface area contributed by atoms with E-state index in [1.165, 1.54) is 0 Å². The third kappa shape index (κ3) is 1.12. The van der Waals surface area contributed by atoms with Crippen LogP contribution in [0, 0.1) is 0 Å². The molecule has 2 saturated heterocycles. The molecule has 2 aliphatic heterocycles. The molecule has 0 bridgehead atoms. The summed E-state index contributed by atoms with van der Waals surface area (Å²) in [6, 6.07) is 0. The number of hydrogen-bond donors (Lipinski definition) is 0. The molecule has 0 aliphatic carbocycles. The van der Waals surface area contributed by atoms with Crippen molar-refractivity contribution < 1.29 is 9.53 Å². The zero-order valence-corrected chi connectivity index (χ0v) is 7.51. The zero-order chi connectivity index (χ0) is 8.60. The summed E-state index contributed by atoms with van der Waals surface area (Å²) >= 11 is 0. The molecule has 2 heterocycles. The molecule has 0 spiro atoms. The predicted octanol–water partition coefficient (Wildman–Crippen LogP) is 1.14. The quantitative estimate of drug-likeness (QED) is 0.544. The summed E-state index contributed by atoms with van der Waals surface area (Å²) in [7, 11) is 0. The molecule has 0 N–H and O–H groups in total. The van der Waals surface area contributed by atoms with Crippen LogP contribution in [0.1, 0.15) is 32.6 Å². The highest BCUT2D eigenvalue weighted by atomic mass is 16.5. The maximum atomic E-state index is 11.5. The lowest BCUT2D eigenvalue weighted by Crippen LogP contribution is -2.57. The van der Waals surface area contributed by atoms with E-state index in [0.717, 1.165) is 32.4 Å². The minimum Gasteiger partial charge on any atom is -0.356 e. The van der Waals surface area contributed by atoms with E-state index < -0.39 is 0 Å². The molecule has 68 valence electrons. The molecular formula is C9H15NO2. The maximum Gasteiger partial charge on any atom is 0.224 e. The summed E-state index contributed by atoms with van der Waals surface area (Å²) in [6.07, 6.45) is 3.67. The average molecular weight is 169 g/mol. The molecule has 1 amide bonds. The van der Waals surface area contributed by atoms with E-state index in [4.69, 9.17) is 4.74 Å². The Balaban J connectivity index is 2.18. The number of piperidine rings is 1. The summed E-state index contributed by atoms with van der Waals surface area (Å²) in [5.41, 5.74) is -0.270. The lowest BCUT2D eigenvalue weighted by atomic mass is 9.97. The van der Waals surface area contributed by atoms with Crippen molar-refractivity contribution in [2.24, 2.45) is 0 Å². The van der Waals surface area contributed by atoms with Gasteiger partial charge in [0.2, 0.25) is 5.91 Å². The first-order valence-corrected chi connectivity index (χ1v) is 4.67. The van der Waals surface area contributed by atoms with Gasteiger partial charge in [-0.1, -0.05) is 0 Å². The van der Waals surface area contributed by atoms with Crippen LogP contribution in [-0.4, -0.2) is 29.7 Å². The van der Waals surface area contributed by atoms with Gasteiger partial charge in [-0.2, -0.15) is 0 Å². The smallest absolute Gasteiger partial charge is 0.224 e. The van der Waals surface area contributed by atoms with Gasteiger partial charge in [0, 0.05) is 13.0 Å². The van der Waals surface area contributed by atoms with Crippen molar-refractivity contribution >= 4 is 5.91 Å². The molecule has 0 aromatic rings. The molecule has 0 aromatic heterocycles. The van der Waals surface area contributed by atoms with Crippen molar-refractivity contribution in [2.45, 2.75) is 38.3 Å².